The van der Waals surface area contributed by atoms with Crippen molar-refractivity contribution in [1.82, 2.24) is 10.2 Å². The van der Waals surface area contributed by atoms with Crippen molar-refractivity contribution in [3.05, 3.63) is 47.4 Å². The number of urea groups is 1. The Morgan fingerprint density at radius 2 is 1.96 bits per heavy atom. The molecule has 0 aromatic heterocycles. The van der Waals surface area contributed by atoms with Gasteiger partial charge < -0.3 is 10.2 Å². The van der Waals surface area contributed by atoms with Crippen molar-refractivity contribution in [3.8, 4) is 0 Å². The van der Waals surface area contributed by atoms with Crippen LogP contribution in [0.2, 0.25) is 0 Å². The molecule has 2 fully saturated rings. The lowest BCUT2D eigenvalue weighted by Crippen LogP contribution is -2.49. The fourth-order valence-corrected chi connectivity index (χ4v) is 4.33. The number of rotatable bonds is 6. The van der Waals surface area contributed by atoms with Crippen molar-refractivity contribution in [2.75, 3.05) is 12.8 Å². The highest BCUT2D eigenvalue weighted by Crippen LogP contribution is 2.37. The second-order valence-corrected chi connectivity index (χ2v) is 9.82. The smallest absolute Gasteiger partial charge is 0.318 e. The fourth-order valence-electron chi connectivity index (χ4n) is 3.87. The number of likely N-dealkylation sites (tertiary alicyclic amines) is 1. The van der Waals surface area contributed by atoms with Gasteiger partial charge in [-0.25, -0.2) is 13.2 Å². The van der Waals surface area contributed by atoms with Crippen LogP contribution in [0.4, 0.5) is 4.79 Å². The van der Waals surface area contributed by atoms with Crippen LogP contribution in [-0.2, 0) is 9.84 Å². The summed E-state index contributed by atoms with van der Waals surface area (Å²) in [5.74, 6) is 0.971. The van der Waals surface area contributed by atoms with E-state index >= 15 is 0 Å². The standard InChI is InChI=1S/C21H30N2O3S/c1-3-16-11-13-23(20(15-16)18-7-5-4-6-8-18)21(24)22-19(17-9-10-17)12-14-27(2,25)26/h4-8,12,14,16-17,19-20H,3,9-11,13,15H2,1-2H3,(H,22,24)/b14-12+/t16-,19+,20+/m0/s1. The van der Waals surface area contributed by atoms with Crippen molar-refractivity contribution in [3.63, 3.8) is 0 Å². The quantitative estimate of drug-likeness (QED) is 0.801. The van der Waals surface area contributed by atoms with Gasteiger partial charge in [-0.05, 0) is 43.1 Å². The summed E-state index contributed by atoms with van der Waals surface area (Å²) in [4.78, 5) is 15.0. The summed E-state index contributed by atoms with van der Waals surface area (Å²) in [5, 5.41) is 4.31. The summed E-state index contributed by atoms with van der Waals surface area (Å²) in [6.07, 6.45) is 7.98. The van der Waals surface area contributed by atoms with Gasteiger partial charge in [0.05, 0.1) is 12.1 Å². The van der Waals surface area contributed by atoms with Gasteiger partial charge in [-0.15, -0.1) is 0 Å². The Hall–Kier alpha value is -1.82. The predicted molar refractivity (Wildman–Crippen MR) is 108 cm³/mol. The third kappa shape index (κ3) is 5.58. The number of piperidine rings is 1. The number of benzene rings is 1. The number of hydrogen-bond donors (Lipinski definition) is 1. The Balaban J connectivity index is 1.75. The summed E-state index contributed by atoms with van der Waals surface area (Å²) in [6.45, 7) is 2.94. The minimum atomic E-state index is -3.20. The second kappa shape index (κ2) is 8.46. The van der Waals surface area contributed by atoms with E-state index in [1.165, 1.54) is 17.2 Å². The number of carbonyl (C=O) groups excluding carboxylic acids is 1. The largest absolute Gasteiger partial charge is 0.331 e. The zero-order chi connectivity index (χ0) is 19.4. The molecule has 1 aromatic carbocycles. The van der Waals surface area contributed by atoms with E-state index in [1.54, 1.807) is 6.08 Å². The first kappa shape index (κ1) is 19.9. The third-order valence-electron chi connectivity index (χ3n) is 5.69. The lowest BCUT2D eigenvalue weighted by atomic mass is 9.86. The molecule has 1 aliphatic carbocycles. The average Bonchev–Trinajstić information content (AvgIpc) is 3.49. The van der Waals surface area contributed by atoms with E-state index < -0.39 is 9.84 Å². The number of carbonyl (C=O) groups is 1. The predicted octanol–water partition coefficient (Wildman–Crippen LogP) is 3.90. The van der Waals surface area contributed by atoms with E-state index in [0.717, 1.165) is 38.6 Å². The summed E-state index contributed by atoms with van der Waals surface area (Å²) in [7, 11) is -3.20. The van der Waals surface area contributed by atoms with Crippen molar-refractivity contribution >= 4 is 15.9 Å². The molecule has 27 heavy (non-hydrogen) atoms. The summed E-state index contributed by atoms with van der Waals surface area (Å²) in [5.41, 5.74) is 1.17. The van der Waals surface area contributed by atoms with E-state index in [0.29, 0.717) is 11.8 Å². The van der Waals surface area contributed by atoms with Crippen LogP contribution < -0.4 is 5.32 Å². The van der Waals surface area contributed by atoms with Crippen molar-refractivity contribution in [2.24, 2.45) is 11.8 Å². The first-order valence-electron chi connectivity index (χ1n) is 9.87. The summed E-state index contributed by atoms with van der Waals surface area (Å²) < 4.78 is 22.9. The molecule has 3 rings (SSSR count). The molecule has 1 heterocycles. The SMILES string of the molecule is CC[C@H]1CCN(C(=O)N[C@H](/C=C/S(C)(=O)=O)C2CC2)[C@@H](c2ccccc2)C1. The molecule has 1 aliphatic heterocycles. The Labute approximate surface area is 162 Å². The lowest BCUT2D eigenvalue weighted by Gasteiger charge is -2.40. The molecule has 0 spiro atoms. The van der Waals surface area contributed by atoms with Crippen molar-refractivity contribution in [2.45, 2.75) is 51.1 Å². The molecule has 3 atom stereocenters. The topological polar surface area (TPSA) is 66.5 Å². The summed E-state index contributed by atoms with van der Waals surface area (Å²) in [6, 6.07) is 9.97. The van der Waals surface area contributed by atoms with Gasteiger partial charge in [-0.2, -0.15) is 0 Å². The molecule has 2 aliphatic rings. The Bertz CT molecular complexity index is 772. The number of hydrogen-bond acceptors (Lipinski definition) is 3. The molecule has 6 heteroatoms. The van der Waals surface area contributed by atoms with Gasteiger partial charge >= 0.3 is 6.03 Å². The molecule has 0 radical (unpaired) electrons. The molecule has 1 saturated carbocycles. The molecule has 1 aromatic rings. The number of nitrogens with one attached hydrogen (secondary N) is 1. The molecule has 1 saturated heterocycles. The minimum absolute atomic E-state index is 0.0728. The highest BCUT2D eigenvalue weighted by atomic mass is 32.2. The van der Waals surface area contributed by atoms with E-state index in [2.05, 4.69) is 24.4 Å². The highest BCUT2D eigenvalue weighted by Gasteiger charge is 2.35. The van der Waals surface area contributed by atoms with Gasteiger partial charge in [0.2, 0.25) is 0 Å². The number of sulfone groups is 1. The van der Waals surface area contributed by atoms with E-state index in [9.17, 15) is 13.2 Å². The first-order valence-corrected chi connectivity index (χ1v) is 11.8. The molecule has 2 amide bonds. The maximum Gasteiger partial charge on any atom is 0.318 e. The van der Waals surface area contributed by atoms with Crippen molar-refractivity contribution < 1.29 is 13.2 Å². The van der Waals surface area contributed by atoms with Gasteiger partial charge in [0.15, 0.2) is 9.84 Å². The van der Waals surface area contributed by atoms with Crippen LogP contribution in [-0.4, -0.2) is 38.2 Å². The Morgan fingerprint density at radius 1 is 1.26 bits per heavy atom. The fraction of sp³-hybridized carbons (Fsp3) is 0.571. The minimum Gasteiger partial charge on any atom is -0.331 e. The van der Waals surface area contributed by atoms with Crippen LogP contribution in [0.5, 0.6) is 0 Å². The van der Waals surface area contributed by atoms with E-state index in [4.69, 9.17) is 0 Å². The number of nitrogens with zero attached hydrogens (tertiary/aromatic N) is 1. The van der Waals surface area contributed by atoms with E-state index in [1.807, 2.05) is 23.1 Å². The van der Waals surface area contributed by atoms with E-state index in [-0.39, 0.29) is 18.1 Å². The first-order chi connectivity index (χ1) is 12.9. The molecule has 148 valence electrons. The van der Waals surface area contributed by atoms with Gasteiger partial charge in [0.25, 0.3) is 0 Å². The van der Waals surface area contributed by atoms with Crippen LogP contribution in [0.3, 0.4) is 0 Å². The zero-order valence-electron chi connectivity index (χ0n) is 16.2. The zero-order valence-corrected chi connectivity index (χ0v) is 17.0. The van der Waals surface area contributed by atoms with Gasteiger partial charge in [0.1, 0.15) is 0 Å². The maximum absolute atomic E-state index is 13.1. The molecule has 5 nitrogen and oxygen atoms in total. The van der Waals surface area contributed by atoms with Crippen LogP contribution >= 0.6 is 0 Å². The van der Waals surface area contributed by atoms with Crippen LogP contribution in [0.15, 0.2) is 41.8 Å². The van der Waals surface area contributed by atoms with Crippen LogP contribution in [0.1, 0.15) is 50.6 Å². The third-order valence-corrected chi connectivity index (χ3v) is 6.34. The molecule has 0 bridgehead atoms. The molecular formula is C21H30N2O3S. The second-order valence-electron chi connectivity index (χ2n) is 7.89. The Morgan fingerprint density at radius 3 is 2.56 bits per heavy atom. The molecule has 0 unspecified atom stereocenters. The van der Waals surface area contributed by atoms with Gasteiger partial charge in [-0.3, -0.25) is 0 Å². The molecular weight excluding hydrogens is 360 g/mol. The van der Waals surface area contributed by atoms with Gasteiger partial charge in [0, 0.05) is 18.2 Å². The average molecular weight is 391 g/mol. The lowest BCUT2D eigenvalue weighted by molar-refractivity contribution is 0.124. The van der Waals surface area contributed by atoms with Crippen LogP contribution in [0.25, 0.3) is 0 Å². The normalized spacial score (nSPS) is 24.7. The van der Waals surface area contributed by atoms with Crippen LogP contribution in [0, 0.1) is 11.8 Å². The van der Waals surface area contributed by atoms with Crippen molar-refractivity contribution in [1.29, 1.82) is 0 Å². The molecule has 1 N–H and O–H groups in total. The monoisotopic (exact) mass is 390 g/mol. The summed E-state index contributed by atoms with van der Waals surface area (Å²) >= 11 is 0. The number of amides is 2. The highest BCUT2D eigenvalue weighted by molar-refractivity contribution is 7.93. The Kier molecular flexibility index (Phi) is 6.25. The maximum atomic E-state index is 13.1. The van der Waals surface area contributed by atoms with Gasteiger partial charge in [-0.1, -0.05) is 49.8 Å².